The zero-order chi connectivity index (χ0) is 10.2. The molecule has 2 rings (SSSR count). The average Bonchev–Trinajstić information content (AvgIpc) is 2.38. The molecule has 1 saturated heterocycles. The second-order valence-corrected chi connectivity index (χ2v) is 4.45. The third kappa shape index (κ3) is 1.75. The van der Waals surface area contributed by atoms with E-state index in [0.717, 1.165) is 31.3 Å². The third-order valence-corrected chi connectivity index (χ3v) is 2.60. The summed E-state index contributed by atoms with van der Waals surface area (Å²) < 4.78 is 7.07. The Hall–Kier alpha value is -1.03. The van der Waals surface area contributed by atoms with Crippen molar-refractivity contribution in [2.45, 2.75) is 13.8 Å². The molecule has 0 unspecified atom stereocenters. The van der Waals surface area contributed by atoms with Crippen molar-refractivity contribution in [2.24, 2.45) is 12.5 Å². The predicted octanol–water partition coefficient (Wildman–Crippen LogP) is 1.18. The fraction of sp³-hybridized carbons (Fsp3) is 0.700. The first-order valence-electron chi connectivity index (χ1n) is 4.91. The van der Waals surface area contributed by atoms with Gasteiger partial charge in [0.15, 0.2) is 0 Å². The summed E-state index contributed by atoms with van der Waals surface area (Å²) in [6.45, 7) is 6.89. The Bertz CT molecular complexity index is 328. The maximum absolute atomic E-state index is 5.20. The zero-order valence-corrected chi connectivity index (χ0v) is 9.00. The number of nitrogens with zero attached hydrogens (tertiary/aromatic N) is 2. The van der Waals surface area contributed by atoms with E-state index in [1.165, 1.54) is 0 Å². The van der Waals surface area contributed by atoms with Crippen LogP contribution in [0.4, 0.5) is 5.82 Å². The fourth-order valence-electron chi connectivity index (χ4n) is 1.63. The van der Waals surface area contributed by atoms with E-state index in [2.05, 4.69) is 23.4 Å². The highest BCUT2D eigenvalue weighted by Gasteiger charge is 2.33. The van der Waals surface area contributed by atoms with Crippen LogP contribution in [0, 0.1) is 12.3 Å². The first-order valence-corrected chi connectivity index (χ1v) is 4.91. The Balaban J connectivity index is 1.94. The quantitative estimate of drug-likeness (QED) is 0.787. The lowest BCUT2D eigenvalue weighted by atomic mass is 9.89. The Labute approximate surface area is 84.3 Å². The SMILES string of the molecule is Cc1cc(NCC2(C)COC2)n(C)n1. The Morgan fingerprint density at radius 3 is 2.79 bits per heavy atom. The Morgan fingerprint density at radius 2 is 2.36 bits per heavy atom. The normalized spacial score (nSPS) is 19.1. The van der Waals surface area contributed by atoms with E-state index in [1.807, 2.05) is 18.7 Å². The molecule has 0 aliphatic carbocycles. The molecule has 1 aliphatic heterocycles. The first-order chi connectivity index (χ1) is 6.59. The van der Waals surface area contributed by atoms with E-state index in [-0.39, 0.29) is 0 Å². The van der Waals surface area contributed by atoms with Crippen LogP contribution >= 0.6 is 0 Å². The van der Waals surface area contributed by atoms with Gasteiger partial charge < -0.3 is 10.1 Å². The molecule has 14 heavy (non-hydrogen) atoms. The van der Waals surface area contributed by atoms with Crippen LogP contribution in [0.3, 0.4) is 0 Å². The largest absolute Gasteiger partial charge is 0.380 e. The number of ether oxygens (including phenoxy) is 1. The molecule has 1 N–H and O–H groups in total. The third-order valence-electron chi connectivity index (χ3n) is 2.60. The molecule has 4 nitrogen and oxygen atoms in total. The minimum atomic E-state index is 0.304. The van der Waals surface area contributed by atoms with Gasteiger partial charge in [-0.05, 0) is 6.92 Å². The molecular weight excluding hydrogens is 178 g/mol. The molecule has 0 spiro atoms. The van der Waals surface area contributed by atoms with Crippen molar-refractivity contribution in [1.29, 1.82) is 0 Å². The molecule has 0 aromatic carbocycles. The van der Waals surface area contributed by atoms with Crippen molar-refractivity contribution in [1.82, 2.24) is 9.78 Å². The molecular formula is C10H17N3O. The maximum atomic E-state index is 5.20. The number of nitrogens with one attached hydrogen (secondary N) is 1. The van der Waals surface area contributed by atoms with Crippen molar-refractivity contribution in [3.8, 4) is 0 Å². The molecule has 0 amide bonds. The van der Waals surface area contributed by atoms with Crippen LogP contribution in [0.25, 0.3) is 0 Å². The maximum Gasteiger partial charge on any atom is 0.124 e. The molecule has 0 atom stereocenters. The summed E-state index contributed by atoms with van der Waals surface area (Å²) in [6.07, 6.45) is 0. The highest BCUT2D eigenvalue weighted by atomic mass is 16.5. The zero-order valence-electron chi connectivity index (χ0n) is 9.00. The van der Waals surface area contributed by atoms with E-state index >= 15 is 0 Å². The minimum Gasteiger partial charge on any atom is -0.380 e. The van der Waals surface area contributed by atoms with E-state index in [0.29, 0.717) is 5.41 Å². The van der Waals surface area contributed by atoms with Gasteiger partial charge in [-0.25, -0.2) is 0 Å². The molecule has 0 saturated carbocycles. The topological polar surface area (TPSA) is 39.1 Å². The Morgan fingerprint density at radius 1 is 1.64 bits per heavy atom. The molecule has 0 radical (unpaired) electrons. The summed E-state index contributed by atoms with van der Waals surface area (Å²) >= 11 is 0. The van der Waals surface area contributed by atoms with E-state index in [4.69, 9.17) is 4.74 Å². The van der Waals surface area contributed by atoms with Crippen LogP contribution < -0.4 is 5.32 Å². The second-order valence-electron chi connectivity index (χ2n) is 4.45. The van der Waals surface area contributed by atoms with Gasteiger partial charge in [-0.1, -0.05) is 6.92 Å². The lowest BCUT2D eigenvalue weighted by Gasteiger charge is -2.38. The summed E-state index contributed by atoms with van der Waals surface area (Å²) in [5, 5.41) is 7.68. The van der Waals surface area contributed by atoms with Crippen LogP contribution in [0.15, 0.2) is 6.07 Å². The summed E-state index contributed by atoms with van der Waals surface area (Å²) in [7, 11) is 1.95. The van der Waals surface area contributed by atoms with Gasteiger partial charge in [-0.15, -0.1) is 0 Å². The lowest BCUT2D eigenvalue weighted by molar-refractivity contribution is -0.0925. The van der Waals surface area contributed by atoms with Crippen LogP contribution in [0.2, 0.25) is 0 Å². The summed E-state index contributed by atoms with van der Waals surface area (Å²) in [5.41, 5.74) is 1.35. The molecule has 1 fully saturated rings. The highest BCUT2D eigenvalue weighted by molar-refractivity contribution is 5.36. The molecule has 0 bridgehead atoms. The number of aromatic nitrogens is 2. The molecule has 78 valence electrons. The first kappa shape index (κ1) is 9.52. The summed E-state index contributed by atoms with van der Waals surface area (Å²) in [6, 6.07) is 2.06. The van der Waals surface area contributed by atoms with Crippen LogP contribution in [-0.4, -0.2) is 29.5 Å². The fourth-order valence-corrected chi connectivity index (χ4v) is 1.63. The van der Waals surface area contributed by atoms with Crippen LogP contribution in [-0.2, 0) is 11.8 Å². The molecule has 1 aliphatic rings. The predicted molar refractivity (Wildman–Crippen MR) is 55.4 cm³/mol. The summed E-state index contributed by atoms with van der Waals surface area (Å²) in [5.74, 6) is 1.08. The smallest absolute Gasteiger partial charge is 0.124 e. The monoisotopic (exact) mass is 195 g/mol. The van der Waals surface area contributed by atoms with E-state index < -0.39 is 0 Å². The molecule has 1 aromatic heterocycles. The Kier molecular flexibility index (Phi) is 2.23. The van der Waals surface area contributed by atoms with Gasteiger partial charge >= 0.3 is 0 Å². The van der Waals surface area contributed by atoms with Gasteiger partial charge in [-0.3, -0.25) is 4.68 Å². The molecule has 4 heteroatoms. The van der Waals surface area contributed by atoms with Crippen molar-refractivity contribution in [3.05, 3.63) is 11.8 Å². The highest BCUT2D eigenvalue weighted by Crippen LogP contribution is 2.26. The number of hydrogen-bond donors (Lipinski definition) is 1. The van der Waals surface area contributed by atoms with E-state index in [1.54, 1.807) is 0 Å². The van der Waals surface area contributed by atoms with Crippen molar-refractivity contribution in [3.63, 3.8) is 0 Å². The number of hydrogen-bond acceptors (Lipinski definition) is 3. The van der Waals surface area contributed by atoms with Crippen LogP contribution in [0.5, 0.6) is 0 Å². The van der Waals surface area contributed by atoms with Gasteiger partial charge in [-0.2, -0.15) is 5.10 Å². The van der Waals surface area contributed by atoms with Gasteiger partial charge in [0.1, 0.15) is 5.82 Å². The van der Waals surface area contributed by atoms with Crippen molar-refractivity contribution < 1.29 is 4.74 Å². The number of rotatable bonds is 3. The van der Waals surface area contributed by atoms with Gasteiger partial charge in [0.25, 0.3) is 0 Å². The van der Waals surface area contributed by atoms with Gasteiger partial charge in [0.2, 0.25) is 0 Å². The van der Waals surface area contributed by atoms with Gasteiger partial charge in [0.05, 0.1) is 18.9 Å². The van der Waals surface area contributed by atoms with Crippen LogP contribution in [0.1, 0.15) is 12.6 Å². The molecule has 1 aromatic rings. The summed E-state index contributed by atoms with van der Waals surface area (Å²) in [4.78, 5) is 0. The number of aryl methyl sites for hydroxylation is 2. The van der Waals surface area contributed by atoms with Crippen molar-refractivity contribution >= 4 is 5.82 Å². The van der Waals surface area contributed by atoms with Crippen molar-refractivity contribution in [2.75, 3.05) is 25.1 Å². The minimum absolute atomic E-state index is 0.304. The number of anilines is 1. The second kappa shape index (κ2) is 3.28. The standard InChI is InChI=1S/C10H17N3O/c1-8-4-9(13(3)12-8)11-5-10(2)6-14-7-10/h4,11H,5-7H2,1-3H3. The molecule has 2 heterocycles. The van der Waals surface area contributed by atoms with Gasteiger partial charge in [0, 0.05) is 25.1 Å². The van der Waals surface area contributed by atoms with E-state index in [9.17, 15) is 0 Å². The average molecular weight is 195 g/mol. The lowest BCUT2D eigenvalue weighted by Crippen LogP contribution is -2.45.